The van der Waals surface area contributed by atoms with E-state index in [-0.39, 0.29) is 0 Å². The highest BCUT2D eigenvalue weighted by atomic mass is 16.5. The molecule has 4 aromatic rings. The predicted molar refractivity (Wildman–Crippen MR) is 95.6 cm³/mol. The number of methoxy groups -OCH3 is 1. The van der Waals surface area contributed by atoms with Crippen molar-refractivity contribution in [2.45, 2.75) is 0 Å². The summed E-state index contributed by atoms with van der Waals surface area (Å²) in [6, 6.07) is 19.8. The van der Waals surface area contributed by atoms with Crippen LogP contribution in [0, 0.1) is 11.3 Å². The predicted octanol–water partition coefficient (Wildman–Crippen LogP) is 3.97. The van der Waals surface area contributed by atoms with E-state index in [2.05, 4.69) is 16.0 Å². The van der Waals surface area contributed by atoms with Gasteiger partial charge in [0.05, 0.1) is 29.6 Å². The average Bonchev–Trinajstić information content (AvgIpc) is 3.07. The van der Waals surface area contributed by atoms with Crippen molar-refractivity contribution in [2.75, 3.05) is 7.11 Å². The van der Waals surface area contributed by atoms with Crippen molar-refractivity contribution in [1.82, 2.24) is 14.5 Å². The number of hydrogen-bond donors (Lipinski definition) is 0. The topological polar surface area (TPSA) is 63.7 Å². The number of rotatable bonds is 3. The van der Waals surface area contributed by atoms with Crippen molar-refractivity contribution in [3.8, 4) is 28.8 Å². The van der Waals surface area contributed by atoms with E-state index >= 15 is 0 Å². The second-order valence-corrected chi connectivity index (χ2v) is 5.48. The smallest absolute Gasteiger partial charge is 0.142 e. The monoisotopic (exact) mass is 326 g/mol. The first kappa shape index (κ1) is 14.9. The zero-order valence-electron chi connectivity index (χ0n) is 13.5. The Bertz CT molecular complexity index is 1090. The molecular formula is C20H14N4O. The average molecular weight is 326 g/mol. The third-order valence-corrected chi connectivity index (χ3v) is 4.09. The Hall–Kier alpha value is -3.65. The molecule has 0 aliphatic rings. The number of para-hydroxylation sites is 2. The highest BCUT2D eigenvalue weighted by molar-refractivity contribution is 5.94. The molecule has 0 radical (unpaired) electrons. The maximum absolute atomic E-state index is 9.53. The molecular weight excluding hydrogens is 312 g/mol. The fourth-order valence-electron chi connectivity index (χ4n) is 2.97. The van der Waals surface area contributed by atoms with Gasteiger partial charge in [-0.25, -0.2) is 9.97 Å². The van der Waals surface area contributed by atoms with Crippen LogP contribution in [0.25, 0.3) is 28.0 Å². The first-order chi connectivity index (χ1) is 12.3. The van der Waals surface area contributed by atoms with E-state index in [0.717, 1.165) is 22.5 Å². The van der Waals surface area contributed by atoms with Crippen molar-refractivity contribution >= 4 is 11.0 Å². The SMILES string of the molecule is COc1ccccc1-n1cc(C#N)c2ncnc(-c3ccccc3)c21. The van der Waals surface area contributed by atoms with Crippen LogP contribution in [0.3, 0.4) is 0 Å². The summed E-state index contributed by atoms with van der Waals surface area (Å²) >= 11 is 0. The Morgan fingerprint density at radius 3 is 2.52 bits per heavy atom. The number of aromatic nitrogens is 3. The Balaban J connectivity index is 2.11. The zero-order chi connectivity index (χ0) is 17.2. The van der Waals surface area contributed by atoms with Crippen LogP contribution in [-0.4, -0.2) is 21.6 Å². The van der Waals surface area contributed by atoms with E-state index in [0.29, 0.717) is 16.8 Å². The van der Waals surface area contributed by atoms with Gasteiger partial charge in [-0.3, -0.25) is 0 Å². The van der Waals surface area contributed by atoms with Crippen LogP contribution in [0.4, 0.5) is 0 Å². The lowest BCUT2D eigenvalue weighted by molar-refractivity contribution is 0.413. The number of nitrogens with zero attached hydrogens (tertiary/aromatic N) is 4. The molecule has 5 nitrogen and oxygen atoms in total. The summed E-state index contributed by atoms with van der Waals surface area (Å²) in [7, 11) is 1.63. The second kappa shape index (κ2) is 6.10. The maximum atomic E-state index is 9.53. The molecule has 4 rings (SSSR count). The normalized spacial score (nSPS) is 10.6. The lowest BCUT2D eigenvalue weighted by atomic mass is 10.1. The van der Waals surface area contributed by atoms with Crippen LogP contribution in [0.15, 0.2) is 67.1 Å². The first-order valence-corrected chi connectivity index (χ1v) is 7.78. The van der Waals surface area contributed by atoms with Crippen LogP contribution in [0.5, 0.6) is 5.75 Å². The summed E-state index contributed by atoms with van der Waals surface area (Å²) in [5.74, 6) is 0.715. The van der Waals surface area contributed by atoms with Crippen LogP contribution < -0.4 is 4.74 Å². The van der Waals surface area contributed by atoms with Crippen LogP contribution >= 0.6 is 0 Å². The van der Waals surface area contributed by atoms with Gasteiger partial charge >= 0.3 is 0 Å². The molecule has 0 atom stereocenters. The summed E-state index contributed by atoms with van der Waals surface area (Å²) in [6.07, 6.45) is 3.28. The number of hydrogen-bond acceptors (Lipinski definition) is 4. The Morgan fingerprint density at radius 1 is 1.00 bits per heavy atom. The Kier molecular flexibility index (Phi) is 3.64. The third kappa shape index (κ3) is 2.41. The number of benzene rings is 2. The highest BCUT2D eigenvalue weighted by Crippen LogP contribution is 2.33. The molecule has 0 aliphatic carbocycles. The van der Waals surface area contributed by atoms with Gasteiger partial charge in [-0.1, -0.05) is 42.5 Å². The highest BCUT2D eigenvalue weighted by Gasteiger charge is 2.18. The molecule has 2 aromatic heterocycles. The molecule has 0 saturated carbocycles. The largest absolute Gasteiger partial charge is 0.495 e. The quantitative estimate of drug-likeness (QED) is 0.571. The fraction of sp³-hybridized carbons (Fsp3) is 0.0500. The summed E-state index contributed by atoms with van der Waals surface area (Å²) < 4.78 is 7.42. The van der Waals surface area contributed by atoms with Crippen molar-refractivity contribution in [1.29, 1.82) is 5.26 Å². The minimum absolute atomic E-state index is 0.500. The van der Waals surface area contributed by atoms with Gasteiger partial charge in [0, 0.05) is 11.8 Å². The molecule has 0 bridgehead atoms. The standard InChI is InChI=1S/C20H14N4O/c1-25-17-10-6-5-9-16(17)24-12-15(11-21)19-20(24)18(22-13-23-19)14-7-3-2-4-8-14/h2-10,12-13H,1H3. The Labute approximate surface area is 144 Å². The first-order valence-electron chi connectivity index (χ1n) is 7.78. The van der Waals surface area contributed by atoms with Crippen molar-refractivity contribution < 1.29 is 4.74 Å². The summed E-state index contributed by atoms with van der Waals surface area (Å²) in [5, 5.41) is 9.53. The minimum Gasteiger partial charge on any atom is -0.495 e. The molecule has 0 amide bonds. The third-order valence-electron chi connectivity index (χ3n) is 4.09. The van der Waals surface area contributed by atoms with Crippen LogP contribution in [-0.2, 0) is 0 Å². The molecule has 2 heterocycles. The molecule has 0 aliphatic heterocycles. The summed E-state index contributed by atoms with van der Waals surface area (Å²) in [6.45, 7) is 0. The van der Waals surface area contributed by atoms with Gasteiger partial charge in [0.2, 0.25) is 0 Å². The van der Waals surface area contributed by atoms with E-state index in [9.17, 15) is 5.26 Å². The van der Waals surface area contributed by atoms with Crippen molar-refractivity contribution in [2.24, 2.45) is 0 Å². The molecule has 0 spiro atoms. The fourth-order valence-corrected chi connectivity index (χ4v) is 2.97. The van der Waals surface area contributed by atoms with Gasteiger partial charge in [0.25, 0.3) is 0 Å². The molecule has 0 saturated heterocycles. The Morgan fingerprint density at radius 2 is 1.76 bits per heavy atom. The van der Waals surface area contributed by atoms with E-state index in [1.807, 2.05) is 59.2 Å². The van der Waals surface area contributed by atoms with Gasteiger partial charge in [-0.05, 0) is 12.1 Å². The van der Waals surface area contributed by atoms with Gasteiger partial charge in [0.15, 0.2) is 0 Å². The number of fused-ring (bicyclic) bond motifs is 1. The van der Waals surface area contributed by atoms with Crippen molar-refractivity contribution in [3.63, 3.8) is 0 Å². The molecule has 25 heavy (non-hydrogen) atoms. The summed E-state index contributed by atoms with van der Waals surface area (Å²) in [5.41, 5.74) is 4.49. The molecule has 0 N–H and O–H groups in total. The van der Waals surface area contributed by atoms with Gasteiger partial charge in [-0.15, -0.1) is 0 Å². The van der Waals surface area contributed by atoms with Crippen LogP contribution in [0.1, 0.15) is 5.56 Å². The lowest BCUT2D eigenvalue weighted by Gasteiger charge is -2.12. The molecule has 0 unspecified atom stereocenters. The van der Waals surface area contributed by atoms with E-state index in [4.69, 9.17) is 4.74 Å². The van der Waals surface area contributed by atoms with Gasteiger partial charge in [-0.2, -0.15) is 5.26 Å². The second-order valence-electron chi connectivity index (χ2n) is 5.48. The van der Waals surface area contributed by atoms with E-state index < -0.39 is 0 Å². The lowest BCUT2D eigenvalue weighted by Crippen LogP contribution is -1.99. The van der Waals surface area contributed by atoms with Crippen LogP contribution in [0.2, 0.25) is 0 Å². The zero-order valence-corrected chi connectivity index (χ0v) is 13.5. The van der Waals surface area contributed by atoms with E-state index in [1.54, 1.807) is 13.3 Å². The van der Waals surface area contributed by atoms with Gasteiger partial charge in [0.1, 0.15) is 23.7 Å². The molecule has 2 aromatic carbocycles. The number of nitriles is 1. The minimum atomic E-state index is 0.500. The molecule has 0 fully saturated rings. The van der Waals surface area contributed by atoms with E-state index in [1.165, 1.54) is 6.33 Å². The molecule has 120 valence electrons. The number of ether oxygens (including phenoxy) is 1. The van der Waals surface area contributed by atoms with Crippen molar-refractivity contribution in [3.05, 3.63) is 72.7 Å². The summed E-state index contributed by atoms with van der Waals surface area (Å²) in [4.78, 5) is 8.83. The maximum Gasteiger partial charge on any atom is 0.142 e. The molecule has 5 heteroatoms. The van der Waals surface area contributed by atoms with Gasteiger partial charge < -0.3 is 9.30 Å².